The van der Waals surface area contributed by atoms with Gasteiger partial charge in [0.15, 0.2) is 0 Å². The maximum absolute atomic E-state index is 13.1. The fraction of sp³-hybridized carbons (Fsp3) is 0.231. The van der Waals surface area contributed by atoms with Gasteiger partial charge >= 0.3 is 12.1 Å². The summed E-state index contributed by atoms with van der Waals surface area (Å²) in [4.78, 5) is 15.4. The third-order valence-electron chi connectivity index (χ3n) is 2.91. The number of methoxy groups -OCH3 is 1. The van der Waals surface area contributed by atoms with Gasteiger partial charge in [-0.25, -0.2) is 4.79 Å². The lowest BCUT2D eigenvalue weighted by molar-refractivity contribution is -0.266. The number of nitrogens with zero attached hydrogens (tertiary/aromatic N) is 1. The summed E-state index contributed by atoms with van der Waals surface area (Å²) in [7, 11) is 0.779. The van der Waals surface area contributed by atoms with Crippen LogP contribution < -0.4 is 0 Å². The van der Waals surface area contributed by atoms with Crippen LogP contribution in [0.2, 0.25) is 0 Å². The SMILES string of the molecule is COC(=O)C(O)(c1ccc2ncccc2c1)C(F)(F)F. The molecule has 0 saturated carbocycles. The minimum atomic E-state index is -5.20. The summed E-state index contributed by atoms with van der Waals surface area (Å²) in [6.07, 6.45) is -3.71. The van der Waals surface area contributed by atoms with Crippen LogP contribution in [0.25, 0.3) is 10.9 Å². The quantitative estimate of drug-likeness (QED) is 0.859. The first-order chi connectivity index (χ1) is 9.30. The van der Waals surface area contributed by atoms with Gasteiger partial charge in [-0.05, 0) is 18.2 Å². The number of aromatic nitrogens is 1. The van der Waals surface area contributed by atoms with Crippen molar-refractivity contribution in [3.63, 3.8) is 0 Å². The number of aliphatic hydroxyl groups is 1. The van der Waals surface area contributed by atoms with Crippen LogP contribution in [0.5, 0.6) is 0 Å². The Morgan fingerprint density at radius 1 is 1.30 bits per heavy atom. The number of ether oxygens (including phenoxy) is 1. The molecule has 106 valence electrons. The van der Waals surface area contributed by atoms with E-state index in [9.17, 15) is 23.1 Å². The second-order valence-corrected chi connectivity index (χ2v) is 4.11. The number of esters is 1. The van der Waals surface area contributed by atoms with Gasteiger partial charge < -0.3 is 9.84 Å². The highest BCUT2D eigenvalue weighted by Gasteiger charge is 2.62. The molecule has 0 spiro atoms. The summed E-state index contributed by atoms with van der Waals surface area (Å²) in [6.45, 7) is 0. The molecule has 0 radical (unpaired) electrons. The number of alkyl halides is 3. The molecule has 0 saturated heterocycles. The van der Waals surface area contributed by atoms with E-state index in [1.165, 1.54) is 24.4 Å². The second kappa shape index (κ2) is 4.75. The summed E-state index contributed by atoms with van der Waals surface area (Å²) in [5.74, 6) is -1.78. The lowest BCUT2D eigenvalue weighted by Crippen LogP contribution is -2.49. The second-order valence-electron chi connectivity index (χ2n) is 4.11. The van der Waals surface area contributed by atoms with Crippen molar-refractivity contribution in [3.8, 4) is 0 Å². The molecule has 2 aromatic rings. The third-order valence-corrected chi connectivity index (χ3v) is 2.91. The molecule has 0 bridgehead atoms. The molecular formula is C13H10F3NO3. The molecule has 1 aromatic heterocycles. The van der Waals surface area contributed by atoms with E-state index in [0.29, 0.717) is 10.9 Å². The van der Waals surface area contributed by atoms with E-state index >= 15 is 0 Å². The first kappa shape index (κ1) is 14.3. The number of rotatable bonds is 2. The van der Waals surface area contributed by atoms with Crippen molar-refractivity contribution in [2.24, 2.45) is 0 Å². The Labute approximate surface area is 111 Å². The van der Waals surface area contributed by atoms with Crippen molar-refractivity contribution >= 4 is 16.9 Å². The van der Waals surface area contributed by atoms with Crippen molar-refractivity contribution in [2.45, 2.75) is 11.8 Å². The van der Waals surface area contributed by atoms with Crippen molar-refractivity contribution in [1.82, 2.24) is 4.98 Å². The third kappa shape index (κ3) is 2.09. The van der Waals surface area contributed by atoms with Crippen molar-refractivity contribution in [2.75, 3.05) is 7.11 Å². The molecule has 1 aromatic carbocycles. The number of carbonyl (C=O) groups is 1. The molecule has 1 unspecified atom stereocenters. The van der Waals surface area contributed by atoms with Gasteiger partial charge in [0.05, 0.1) is 12.6 Å². The number of carbonyl (C=O) groups excluding carboxylic acids is 1. The Balaban J connectivity index is 2.66. The van der Waals surface area contributed by atoms with E-state index in [2.05, 4.69) is 9.72 Å². The summed E-state index contributed by atoms with van der Waals surface area (Å²) in [5, 5.41) is 10.2. The molecule has 20 heavy (non-hydrogen) atoms. The van der Waals surface area contributed by atoms with Crippen LogP contribution in [0, 0.1) is 0 Å². The zero-order chi connectivity index (χ0) is 15.0. The zero-order valence-electron chi connectivity index (χ0n) is 10.3. The van der Waals surface area contributed by atoms with Gasteiger partial charge in [-0.2, -0.15) is 13.2 Å². The van der Waals surface area contributed by atoms with Gasteiger partial charge in [0.25, 0.3) is 5.60 Å². The Morgan fingerprint density at radius 3 is 2.60 bits per heavy atom. The van der Waals surface area contributed by atoms with E-state index in [4.69, 9.17) is 0 Å². The van der Waals surface area contributed by atoms with Gasteiger partial charge in [-0.15, -0.1) is 0 Å². The summed E-state index contributed by atoms with van der Waals surface area (Å²) < 4.78 is 43.3. The van der Waals surface area contributed by atoms with Crippen molar-refractivity contribution in [3.05, 3.63) is 42.1 Å². The van der Waals surface area contributed by atoms with Gasteiger partial charge in [-0.1, -0.05) is 12.1 Å². The van der Waals surface area contributed by atoms with E-state index in [-0.39, 0.29) is 0 Å². The molecule has 0 amide bonds. The smallest absolute Gasteiger partial charge is 0.432 e. The van der Waals surface area contributed by atoms with Gasteiger partial charge in [0.2, 0.25) is 0 Å². The Kier molecular flexibility index (Phi) is 3.39. The molecule has 2 rings (SSSR count). The van der Waals surface area contributed by atoms with Gasteiger partial charge in [0, 0.05) is 17.1 Å². The van der Waals surface area contributed by atoms with Crippen LogP contribution in [0.1, 0.15) is 5.56 Å². The number of hydrogen-bond donors (Lipinski definition) is 1. The molecule has 0 aliphatic carbocycles. The molecule has 1 N–H and O–H groups in total. The average Bonchev–Trinajstić information content (AvgIpc) is 2.43. The molecule has 0 aliphatic rings. The summed E-state index contributed by atoms with van der Waals surface area (Å²) in [6, 6.07) is 6.42. The fourth-order valence-corrected chi connectivity index (χ4v) is 1.85. The Hall–Kier alpha value is -2.15. The maximum atomic E-state index is 13.1. The zero-order valence-corrected chi connectivity index (χ0v) is 10.3. The minimum Gasteiger partial charge on any atom is -0.466 e. The number of fused-ring (bicyclic) bond motifs is 1. The lowest BCUT2D eigenvalue weighted by Gasteiger charge is -2.28. The molecule has 7 heteroatoms. The number of halogens is 3. The summed E-state index contributed by atoms with van der Waals surface area (Å²) in [5.41, 5.74) is -3.87. The molecule has 0 fully saturated rings. The highest BCUT2D eigenvalue weighted by Crippen LogP contribution is 2.40. The topological polar surface area (TPSA) is 59.4 Å². The lowest BCUT2D eigenvalue weighted by atomic mass is 9.92. The van der Waals surface area contributed by atoms with E-state index < -0.39 is 23.3 Å². The van der Waals surface area contributed by atoms with Gasteiger partial charge in [0.1, 0.15) is 0 Å². The monoisotopic (exact) mass is 285 g/mol. The normalized spacial score (nSPS) is 14.8. The number of pyridine rings is 1. The highest BCUT2D eigenvalue weighted by molar-refractivity contribution is 5.86. The first-order valence-corrected chi connectivity index (χ1v) is 5.53. The molecule has 1 heterocycles. The fourth-order valence-electron chi connectivity index (χ4n) is 1.85. The number of benzene rings is 1. The predicted octanol–water partition coefficient (Wildman–Crippen LogP) is 2.16. The predicted molar refractivity (Wildman–Crippen MR) is 63.7 cm³/mol. The molecular weight excluding hydrogens is 275 g/mol. The minimum absolute atomic E-state index is 0.372. The van der Waals surface area contributed by atoms with Crippen LogP contribution in [0.15, 0.2) is 36.5 Å². The molecule has 4 nitrogen and oxygen atoms in total. The molecule has 1 atom stereocenters. The largest absolute Gasteiger partial charge is 0.466 e. The maximum Gasteiger partial charge on any atom is 0.432 e. The number of hydrogen-bond acceptors (Lipinski definition) is 4. The Bertz CT molecular complexity index is 657. The van der Waals surface area contributed by atoms with Crippen LogP contribution in [0.4, 0.5) is 13.2 Å². The Morgan fingerprint density at radius 2 is 2.00 bits per heavy atom. The van der Waals surface area contributed by atoms with Crippen LogP contribution >= 0.6 is 0 Å². The highest BCUT2D eigenvalue weighted by atomic mass is 19.4. The van der Waals surface area contributed by atoms with Crippen molar-refractivity contribution < 1.29 is 27.8 Å². The van der Waals surface area contributed by atoms with Crippen molar-refractivity contribution in [1.29, 1.82) is 0 Å². The first-order valence-electron chi connectivity index (χ1n) is 5.53. The summed E-state index contributed by atoms with van der Waals surface area (Å²) >= 11 is 0. The van der Waals surface area contributed by atoms with E-state index in [1.807, 2.05) is 0 Å². The van der Waals surface area contributed by atoms with E-state index in [1.54, 1.807) is 0 Å². The molecule has 0 aliphatic heterocycles. The van der Waals surface area contributed by atoms with Gasteiger partial charge in [-0.3, -0.25) is 4.98 Å². The standard InChI is InChI=1S/C13H10F3NO3/c1-20-11(18)12(19,13(14,15)16)9-4-5-10-8(7-9)3-2-6-17-10/h2-7,19H,1H3. The van der Waals surface area contributed by atoms with Crippen LogP contribution in [-0.4, -0.2) is 29.3 Å². The van der Waals surface area contributed by atoms with Crippen LogP contribution in [-0.2, 0) is 15.1 Å². The van der Waals surface area contributed by atoms with Crippen LogP contribution in [0.3, 0.4) is 0 Å². The van der Waals surface area contributed by atoms with E-state index in [0.717, 1.165) is 19.2 Å². The average molecular weight is 285 g/mol.